The van der Waals surface area contributed by atoms with Crippen molar-refractivity contribution in [3.05, 3.63) is 101 Å². The summed E-state index contributed by atoms with van der Waals surface area (Å²) in [6, 6.07) is 23.6. The second kappa shape index (κ2) is 11.0. The van der Waals surface area contributed by atoms with Gasteiger partial charge in [-0.25, -0.2) is 8.42 Å². The van der Waals surface area contributed by atoms with Crippen LogP contribution in [0.15, 0.2) is 83.8 Å². The Morgan fingerprint density at radius 3 is 2.41 bits per heavy atom. The molecule has 0 saturated carbocycles. The quantitative estimate of drug-likeness (QED) is 0.506. The molecule has 1 atom stereocenters. The van der Waals surface area contributed by atoms with Crippen LogP contribution in [0.3, 0.4) is 0 Å². The van der Waals surface area contributed by atoms with Crippen LogP contribution in [0.25, 0.3) is 0 Å². The minimum absolute atomic E-state index is 0.143. The molecule has 1 heterocycles. The van der Waals surface area contributed by atoms with E-state index < -0.39 is 9.84 Å². The molecule has 0 spiro atoms. The summed E-state index contributed by atoms with van der Waals surface area (Å²) in [4.78, 5) is 15.5. The first-order valence-electron chi connectivity index (χ1n) is 11.8. The van der Waals surface area contributed by atoms with Crippen LogP contribution in [0.4, 0.5) is 0 Å². The third kappa shape index (κ3) is 6.55. The van der Waals surface area contributed by atoms with E-state index in [1.165, 1.54) is 18.4 Å². The lowest BCUT2D eigenvalue weighted by Crippen LogP contribution is -2.33. The molecule has 1 N–H and O–H groups in total. The van der Waals surface area contributed by atoms with Crippen molar-refractivity contribution >= 4 is 15.7 Å². The topological polar surface area (TPSA) is 66.5 Å². The number of nitrogens with one attached hydrogen (secondary N) is 1. The van der Waals surface area contributed by atoms with Crippen molar-refractivity contribution in [2.24, 2.45) is 5.92 Å². The maximum absolute atomic E-state index is 12.7. The zero-order chi connectivity index (χ0) is 24.0. The molecule has 5 nitrogen and oxygen atoms in total. The lowest BCUT2D eigenvalue weighted by molar-refractivity contribution is 0.0951. The van der Waals surface area contributed by atoms with E-state index in [4.69, 9.17) is 0 Å². The molecule has 3 aromatic carbocycles. The normalized spacial score (nSPS) is 16.8. The molecule has 1 saturated heterocycles. The molecule has 0 aliphatic carbocycles. The van der Waals surface area contributed by atoms with Gasteiger partial charge in [0.1, 0.15) is 0 Å². The van der Waals surface area contributed by atoms with Gasteiger partial charge in [0.25, 0.3) is 5.91 Å². The average Bonchev–Trinajstić information content (AvgIpc) is 2.84. The number of sulfone groups is 1. The number of nitrogens with zero attached hydrogens (tertiary/aromatic N) is 1. The molecule has 4 rings (SSSR count). The summed E-state index contributed by atoms with van der Waals surface area (Å²) in [5.74, 6) is 0.403. The Morgan fingerprint density at radius 2 is 1.68 bits per heavy atom. The molecule has 34 heavy (non-hydrogen) atoms. The van der Waals surface area contributed by atoms with Crippen molar-refractivity contribution in [2.75, 3.05) is 13.1 Å². The maximum Gasteiger partial charge on any atom is 0.251 e. The van der Waals surface area contributed by atoms with E-state index in [1.54, 1.807) is 54.6 Å². The van der Waals surface area contributed by atoms with Crippen molar-refractivity contribution in [3.63, 3.8) is 0 Å². The molecule has 6 heteroatoms. The SMILES string of the molecule is CC1CCCN(Cc2ccc(CNC(=O)c3cccc(CS(=O)(=O)c4ccccc4)c3)cc2)C1. The van der Waals surface area contributed by atoms with Crippen LogP contribution in [0.5, 0.6) is 0 Å². The third-order valence-electron chi connectivity index (χ3n) is 6.27. The summed E-state index contributed by atoms with van der Waals surface area (Å²) >= 11 is 0. The summed E-state index contributed by atoms with van der Waals surface area (Å²) in [6.07, 6.45) is 2.59. The second-order valence-electron chi connectivity index (χ2n) is 9.25. The van der Waals surface area contributed by atoms with Crippen LogP contribution < -0.4 is 5.32 Å². The number of rotatable bonds is 8. The van der Waals surface area contributed by atoms with Crippen molar-refractivity contribution < 1.29 is 13.2 Å². The van der Waals surface area contributed by atoms with Crippen LogP contribution in [0.2, 0.25) is 0 Å². The van der Waals surface area contributed by atoms with Gasteiger partial charge in [0, 0.05) is 25.2 Å². The first-order valence-corrected chi connectivity index (χ1v) is 13.5. The third-order valence-corrected chi connectivity index (χ3v) is 7.98. The summed E-state index contributed by atoms with van der Waals surface area (Å²) in [6.45, 7) is 6.02. The fourth-order valence-electron chi connectivity index (χ4n) is 4.47. The van der Waals surface area contributed by atoms with Gasteiger partial charge in [-0.3, -0.25) is 9.69 Å². The Hall–Kier alpha value is -2.96. The first kappa shape index (κ1) is 24.2. The summed E-state index contributed by atoms with van der Waals surface area (Å²) in [5, 5.41) is 2.94. The molecule has 3 aromatic rings. The van der Waals surface area contributed by atoms with Crippen molar-refractivity contribution in [1.82, 2.24) is 10.2 Å². The smallest absolute Gasteiger partial charge is 0.251 e. The van der Waals surface area contributed by atoms with E-state index in [2.05, 4.69) is 41.4 Å². The lowest BCUT2D eigenvalue weighted by Gasteiger charge is -2.30. The number of amides is 1. The maximum atomic E-state index is 12.7. The van der Waals surface area contributed by atoms with Gasteiger partial charge in [-0.05, 0) is 66.3 Å². The van der Waals surface area contributed by atoms with E-state index >= 15 is 0 Å². The van der Waals surface area contributed by atoms with Crippen LogP contribution in [0, 0.1) is 5.92 Å². The van der Waals surface area contributed by atoms with Crippen molar-refractivity contribution in [1.29, 1.82) is 0 Å². The molecule has 1 amide bonds. The van der Waals surface area contributed by atoms with E-state index in [0.29, 0.717) is 17.7 Å². The van der Waals surface area contributed by atoms with Crippen LogP contribution >= 0.6 is 0 Å². The highest BCUT2D eigenvalue weighted by molar-refractivity contribution is 7.90. The summed E-state index contributed by atoms with van der Waals surface area (Å²) in [7, 11) is -3.46. The monoisotopic (exact) mass is 476 g/mol. The highest BCUT2D eigenvalue weighted by atomic mass is 32.2. The Kier molecular flexibility index (Phi) is 7.80. The molecule has 1 aliphatic rings. The minimum atomic E-state index is -3.46. The number of likely N-dealkylation sites (tertiary alicyclic amines) is 1. The van der Waals surface area contributed by atoms with E-state index in [0.717, 1.165) is 31.1 Å². The molecule has 1 aliphatic heterocycles. The van der Waals surface area contributed by atoms with Gasteiger partial charge >= 0.3 is 0 Å². The van der Waals surface area contributed by atoms with E-state index in [-0.39, 0.29) is 16.6 Å². The van der Waals surface area contributed by atoms with Crippen molar-refractivity contribution in [3.8, 4) is 0 Å². The fraction of sp³-hybridized carbons (Fsp3) is 0.321. The first-order chi connectivity index (χ1) is 16.4. The van der Waals surface area contributed by atoms with Crippen LogP contribution in [0.1, 0.15) is 46.8 Å². The fourth-order valence-corrected chi connectivity index (χ4v) is 5.83. The number of hydrogen-bond donors (Lipinski definition) is 1. The minimum Gasteiger partial charge on any atom is -0.348 e. The molecule has 178 valence electrons. The molecule has 0 radical (unpaired) electrons. The number of hydrogen-bond acceptors (Lipinski definition) is 4. The van der Waals surface area contributed by atoms with E-state index in [1.807, 2.05) is 0 Å². The average molecular weight is 477 g/mol. The zero-order valence-corrected chi connectivity index (χ0v) is 20.4. The molecule has 0 aromatic heterocycles. The largest absolute Gasteiger partial charge is 0.348 e. The number of carbonyl (C=O) groups excluding carboxylic acids is 1. The van der Waals surface area contributed by atoms with Gasteiger partial charge < -0.3 is 5.32 Å². The van der Waals surface area contributed by atoms with Crippen LogP contribution in [-0.4, -0.2) is 32.3 Å². The second-order valence-corrected chi connectivity index (χ2v) is 11.2. The van der Waals surface area contributed by atoms with Gasteiger partial charge in [-0.2, -0.15) is 0 Å². The number of piperidine rings is 1. The summed E-state index contributed by atoms with van der Waals surface area (Å²) in [5.41, 5.74) is 3.37. The van der Waals surface area contributed by atoms with Gasteiger partial charge in [0.15, 0.2) is 9.84 Å². The zero-order valence-electron chi connectivity index (χ0n) is 19.6. The number of benzene rings is 3. The van der Waals surface area contributed by atoms with Gasteiger partial charge in [-0.15, -0.1) is 0 Å². The molecule has 0 bridgehead atoms. The molecular weight excluding hydrogens is 444 g/mol. The Bertz CT molecular complexity index is 1210. The Balaban J connectivity index is 1.32. The lowest BCUT2D eigenvalue weighted by atomic mass is 9.99. The van der Waals surface area contributed by atoms with Gasteiger partial charge in [-0.1, -0.05) is 61.5 Å². The molecule has 1 fully saturated rings. The summed E-state index contributed by atoms with van der Waals surface area (Å²) < 4.78 is 25.3. The van der Waals surface area contributed by atoms with Crippen LogP contribution in [-0.2, 0) is 28.7 Å². The standard InChI is InChI=1S/C28H32N2O3S/c1-22-7-6-16-30(19-22)20-24-14-12-23(13-15-24)18-29-28(31)26-9-5-8-25(17-26)21-34(32,33)27-10-3-2-4-11-27/h2-5,8-15,17,22H,6-7,16,18-21H2,1H3,(H,29,31). The highest BCUT2D eigenvalue weighted by Crippen LogP contribution is 2.19. The Labute approximate surface area is 202 Å². The Morgan fingerprint density at radius 1 is 0.941 bits per heavy atom. The highest BCUT2D eigenvalue weighted by Gasteiger charge is 2.17. The molecule has 1 unspecified atom stereocenters. The predicted octanol–water partition coefficient (Wildman–Crippen LogP) is 4.82. The van der Waals surface area contributed by atoms with Gasteiger partial charge in [0.05, 0.1) is 10.6 Å². The molecular formula is C28H32N2O3S. The number of carbonyl (C=O) groups is 1. The van der Waals surface area contributed by atoms with E-state index in [9.17, 15) is 13.2 Å². The van der Waals surface area contributed by atoms with Gasteiger partial charge in [0.2, 0.25) is 0 Å². The van der Waals surface area contributed by atoms with Crippen molar-refractivity contribution in [2.45, 2.75) is 43.5 Å². The predicted molar refractivity (Wildman–Crippen MR) is 135 cm³/mol.